The highest BCUT2D eigenvalue weighted by Gasteiger charge is 2.40. The van der Waals surface area contributed by atoms with E-state index in [1.165, 1.54) is 21.9 Å². The van der Waals surface area contributed by atoms with Crippen LogP contribution >= 0.6 is 11.5 Å². The molecule has 0 unspecified atom stereocenters. The number of piperidine rings is 1. The Kier molecular flexibility index (Phi) is 3.38. The summed E-state index contributed by atoms with van der Waals surface area (Å²) in [7, 11) is 0. The minimum absolute atomic E-state index is 0.531. The molecule has 0 saturated carbocycles. The van der Waals surface area contributed by atoms with Gasteiger partial charge in [0, 0.05) is 18.5 Å². The van der Waals surface area contributed by atoms with Gasteiger partial charge in [-0.05, 0) is 42.9 Å². The lowest BCUT2D eigenvalue weighted by atomic mass is 9.76. The summed E-state index contributed by atoms with van der Waals surface area (Å²) in [5.74, 6) is -0.645. The Morgan fingerprint density at radius 2 is 2.10 bits per heavy atom. The summed E-state index contributed by atoms with van der Waals surface area (Å²) in [5, 5.41) is 11.8. The highest BCUT2D eigenvalue weighted by Crippen LogP contribution is 2.39. The summed E-state index contributed by atoms with van der Waals surface area (Å²) in [6, 6.07) is 8.13. The molecule has 1 aromatic heterocycles. The standard InChI is InChI=1S/C15H18N2O2S/c1-2-15(14(18)19)7-9-17(10-8-15)13-11-5-3-4-6-12(11)16-20-13/h3-6H,2,7-10H2,1H3,(H,18,19). The van der Waals surface area contributed by atoms with Crippen molar-refractivity contribution in [2.75, 3.05) is 18.0 Å². The fourth-order valence-electron chi connectivity index (χ4n) is 2.96. The van der Waals surface area contributed by atoms with Crippen LogP contribution in [0.25, 0.3) is 10.9 Å². The number of carbonyl (C=O) groups is 1. The number of hydrogen-bond donors (Lipinski definition) is 1. The predicted molar refractivity (Wildman–Crippen MR) is 81.4 cm³/mol. The van der Waals surface area contributed by atoms with Crippen LogP contribution in [-0.4, -0.2) is 28.5 Å². The number of aliphatic carboxylic acids is 1. The van der Waals surface area contributed by atoms with Crippen LogP contribution in [0.15, 0.2) is 24.3 Å². The Hall–Kier alpha value is -1.62. The van der Waals surface area contributed by atoms with Crippen molar-refractivity contribution in [2.45, 2.75) is 26.2 Å². The van der Waals surface area contributed by atoms with Crippen LogP contribution in [0.1, 0.15) is 26.2 Å². The van der Waals surface area contributed by atoms with E-state index in [-0.39, 0.29) is 0 Å². The SMILES string of the molecule is CCC1(C(=O)O)CCN(c2snc3ccccc23)CC1. The number of aromatic nitrogens is 1. The minimum Gasteiger partial charge on any atom is -0.481 e. The second kappa shape index (κ2) is 5.05. The maximum atomic E-state index is 11.5. The number of hydrogen-bond acceptors (Lipinski definition) is 4. The van der Waals surface area contributed by atoms with E-state index < -0.39 is 11.4 Å². The second-order valence-corrected chi connectivity index (χ2v) is 6.18. The highest BCUT2D eigenvalue weighted by atomic mass is 32.1. The van der Waals surface area contributed by atoms with Crippen molar-refractivity contribution in [1.29, 1.82) is 0 Å². The molecule has 0 spiro atoms. The number of benzene rings is 1. The van der Waals surface area contributed by atoms with E-state index in [0.29, 0.717) is 19.3 Å². The number of carboxylic acids is 1. The Bertz CT molecular complexity index is 630. The van der Waals surface area contributed by atoms with Crippen molar-refractivity contribution in [3.63, 3.8) is 0 Å². The largest absolute Gasteiger partial charge is 0.481 e. The van der Waals surface area contributed by atoms with Gasteiger partial charge in [-0.2, -0.15) is 4.37 Å². The third-order valence-corrected chi connectivity index (χ3v) is 5.44. The second-order valence-electron chi connectivity index (χ2n) is 5.43. The Morgan fingerprint density at radius 1 is 1.40 bits per heavy atom. The van der Waals surface area contributed by atoms with Crippen LogP contribution in [0.4, 0.5) is 5.00 Å². The zero-order valence-corrected chi connectivity index (χ0v) is 12.3. The van der Waals surface area contributed by atoms with Crippen LogP contribution in [-0.2, 0) is 4.79 Å². The van der Waals surface area contributed by atoms with Crippen molar-refractivity contribution >= 4 is 33.4 Å². The summed E-state index contributed by atoms with van der Waals surface area (Å²) in [6.07, 6.45) is 2.13. The van der Waals surface area contributed by atoms with E-state index in [1.54, 1.807) is 0 Å². The first-order valence-electron chi connectivity index (χ1n) is 6.99. The first-order chi connectivity index (χ1) is 9.66. The number of rotatable bonds is 3. The molecule has 0 radical (unpaired) electrons. The van der Waals surface area contributed by atoms with Crippen LogP contribution < -0.4 is 4.90 Å². The van der Waals surface area contributed by atoms with Gasteiger partial charge < -0.3 is 10.0 Å². The normalized spacial score (nSPS) is 18.4. The van der Waals surface area contributed by atoms with Crippen molar-refractivity contribution in [3.05, 3.63) is 24.3 Å². The Morgan fingerprint density at radius 3 is 2.75 bits per heavy atom. The van der Waals surface area contributed by atoms with Gasteiger partial charge in [-0.3, -0.25) is 4.79 Å². The smallest absolute Gasteiger partial charge is 0.309 e. The molecule has 106 valence electrons. The fraction of sp³-hybridized carbons (Fsp3) is 0.467. The number of nitrogens with zero attached hydrogens (tertiary/aromatic N) is 2. The van der Waals surface area contributed by atoms with Gasteiger partial charge in [-0.25, -0.2) is 0 Å². The molecule has 0 atom stereocenters. The lowest BCUT2D eigenvalue weighted by Gasteiger charge is -2.38. The molecule has 20 heavy (non-hydrogen) atoms. The van der Waals surface area contributed by atoms with Gasteiger partial charge in [0.25, 0.3) is 0 Å². The first kappa shape index (κ1) is 13.4. The van der Waals surface area contributed by atoms with Crippen LogP contribution in [0.2, 0.25) is 0 Å². The van der Waals surface area contributed by atoms with Gasteiger partial charge in [0.2, 0.25) is 0 Å². The van der Waals surface area contributed by atoms with Gasteiger partial charge in [0.15, 0.2) is 0 Å². The summed E-state index contributed by atoms with van der Waals surface area (Å²) in [5.41, 5.74) is 0.495. The summed E-state index contributed by atoms with van der Waals surface area (Å²) in [6.45, 7) is 3.57. The molecule has 2 heterocycles. The molecule has 5 heteroatoms. The molecular formula is C15H18N2O2S. The lowest BCUT2D eigenvalue weighted by molar-refractivity contribution is -0.150. The maximum Gasteiger partial charge on any atom is 0.309 e. The van der Waals surface area contributed by atoms with Crippen LogP contribution in [0.3, 0.4) is 0 Å². The average Bonchev–Trinajstić information content (AvgIpc) is 2.91. The molecule has 1 saturated heterocycles. The molecule has 4 nitrogen and oxygen atoms in total. The van der Waals surface area contributed by atoms with Gasteiger partial charge in [0.1, 0.15) is 5.00 Å². The van der Waals surface area contributed by atoms with Crippen LogP contribution in [0.5, 0.6) is 0 Å². The van der Waals surface area contributed by atoms with E-state index in [1.807, 2.05) is 25.1 Å². The zero-order valence-electron chi connectivity index (χ0n) is 11.5. The molecule has 3 rings (SSSR count). The molecule has 1 aromatic carbocycles. The lowest BCUT2D eigenvalue weighted by Crippen LogP contribution is -2.44. The summed E-state index contributed by atoms with van der Waals surface area (Å²) < 4.78 is 4.47. The first-order valence-corrected chi connectivity index (χ1v) is 7.76. The van der Waals surface area contributed by atoms with E-state index in [2.05, 4.69) is 15.3 Å². The third kappa shape index (κ3) is 2.06. The van der Waals surface area contributed by atoms with E-state index in [4.69, 9.17) is 0 Å². The van der Waals surface area contributed by atoms with E-state index in [9.17, 15) is 9.90 Å². The van der Waals surface area contributed by atoms with Crippen molar-refractivity contribution in [2.24, 2.45) is 5.41 Å². The summed E-state index contributed by atoms with van der Waals surface area (Å²) in [4.78, 5) is 13.8. The number of anilines is 1. The average molecular weight is 290 g/mol. The molecular weight excluding hydrogens is 272 g/mol. The highest BCUT2D eigenvalue weighted by molar-refractivity contribution is 7.11. The van der Waals surface area contributed by atoms with Gasteiger partial charge in [-0.1, -0.05) is 19.1 Å². The molecule has 2 aromatic rings. The molecule has 1 aliphatic heterocycles. The van der Waals surface area contributed by atoms with Gasteiger partial charge >= 0.3 is 5.97 Å². The van der Waals surface area contributed by atoms with Crippen LogP contribution in [0, 0.1) is 5.41 Å². The minimum atomic E-state index is -0.645. The van der Waals surface area contributed by atoms with Crippen molar-refractivity contribution < 1.29 is 9.90 Å². The quantitative estimate of drug-likeness (QED) is 0.941. The zero-order chi connectivity index (χ0) is 14.2. The number of fused-ring (bicyclic) bond motifs is 1. The third-order valence-electron chi connectivity index (χ3n) is 4.50. The van der Waals surface area contributed by atoms with Gasteiger partial charge in [0.05, 0.1) is 10.9 Å². The van der Waals surface area contributed by atoms with E-state index in [0.717, 1.165) is 18.6 Å². The number of carboxylic acid groups (broad SMARTS) is 1. The molecule has 0 aliphatic carbocycles. The molecule has 0 bridgehead atoms. The van der Waals surface area contributed by atoms with Gasteiger partial charge in [-0.15, -0.1) is 0 Å². The van der Waals surface area contributed by atoms with Crippen molar-refractivity contribution in [3.8, 4) is 0 Å². The molecule has 0 amide bonds. The Balaban J connectivity index is 1.83. The maximum absolute atomic E-state index is 11.5. The molecule has 1 N–H and O–H groups in total. The van der Waals surface area contributed by atoms with E-state index >= 15 is 0 Å². The predicted octanol–water partition coefficient (Wildman–Crippen LogP) is 3.38. The monoisotopic (exact) mass is 290 g/mol. The van der Waals surface area contributed by atoms with Crippen molar-refractivity contribution in [1.82, 2.24) is 4.37 Å². The topological polar surface area (TPSA) is 53.4 Å². The fourth-order valence-corrected chi connectivity index (χ4v) is 3.87. The molecule has 1 fully saturated rings. The summed E-state index contributed by atoms with van der Waals surface area (Å²) >= 11 is 1.51. The Labute approximate surface area is 122 Å². The molecule has 1 aliphatic rings.